The molecule has 0 unspecified atom stereocenters. The van der Waals surface area contributed by atoms with Gasteiger partial charge in [-0.15, -0.1) is 10.2 Å². The summed E-state index contributed by atoms with van der Waals surface area (Å²) in [5.41, 5.74) is 8.36. The van der Waals surface area contributed by atoms with E-state index in [-0.39, 0.29) is 11.5 Å². The molecule has 6 nitrogen and oxygen atoms in total. The van der Waals surface area contributed by atoms with Gasteiger partial charge < -0.3 is 5.73 Å². The molecule has 0 bridgehead atoms. The number of aromatic nitrogens is 4. The van der Waals surface area contributed by atoms with Gasteiger partial charge in [0.25, 0.3) is 5.56 Å². The zero-order valence-corrected chi connectivity index (χ0v) is 11.9. The van der Waals surface area contributed by atoms with E-state index in [9.17, 15) is 4.79 Å². The molecule has 6 heteroatoms. The Morgan fingerprint density at radius 3 is 2.50 bits per heavy atom. The summed E-state index contributed by atoms with van der Waals surface area (Å²) in [5, 5.41) is 8.57. The Morgan fingerprint density at radius 1 is 1.00 bits per heavy atom. The molecule has 2 aromatic carbocycles. The predicted octanol–water partition coefficient (Wildman–Crippen LogP) is 1.92. The van der Waals surface area contributed by atoms with Crippen LogP contribution in [0.1, 0.15) is 5.56 Å². The maximum absolute atomic E-state index is 12.9. The monoisotopic (exact) mass is 291 g/mol. The number of nitrogens with zero attached hydrogens (tertiary/aromatic N) is 4. The lowest BCUT2D eigenvalue weighted by molar-refractivity contribution is 0.966. The summed E-state index contributed by atoms with van der Waals surface area (Å²) in [4.78, 5) is 12.9. The van der Waals surface area contributed by atoms with Gasteiger partial charge in [0.15, 0.2) is 0 Å². The van der Waals surface area contributed by atoms with Gasteiger partial charge in [-0.25, -0.2) is 8.97 Å². The number of anilines is 1. The number of benzene rings is 2. The average molecular weight is 291 g/mol. The Balaban J connectivity index is 2.24. The van der Waals surface area contributed by atoms with Crippen LogP contribution in [-0.4, -0.2) is 19.2 Å². The third-order valence-electron chi connectivity index (χ3n) is 3.74. The van der Waals surface area contributed by atoms with Crippen molar-refractivity contribution in [1.82, 2.24) is 19.2 Å². The first-order chi connectivity index (χ1) is 10.7. The SMILES string of the molecule is Cc1ccc(-n2c(=O)c3ccccc3n3c(N)nnc23)cc1. The molecule has 0 spiro atoms. The van der Waals surface area contributed by atoms with Crippen molar-refractivity contribution < 1.29 is 0 Å². The van der Waals surface area contributed by atoms with Crippen molar-refractivity contribution in [3.8, 4) is 5.69 Å². The van der Waals surface area contributed by atoms with Gasteiger partial charge in [-0.1, -0.05) is 29.8 Å². The molecule has 0 saturated carbocycles. The standard InChI is InChI=1S/C16H13N5O/c1-10-6-8-11(9-7-10)20-14(22)12-4-2-3-5-13(12)21-15(17)18-19-16(20)21/h2-9H,1H3,(H2,17,18). The van der Waals surface area contributed by atoms with Crippen molar-refractivity contribution in [3.63, 3.8) is 0 Å². The van der Waals surface area contributed by atoms with Crippen molar-refractivity contribution >= 4 is 22.6 Å². The first-order valence-corrected chi connectivity index (χ1v) is 6.88. The van der Waals surface area contributed by atoms with Crippen molar-refractivity contribution in [2.24, 2.45) is 0 Å². The number of hydrogen-bond acceptors (Lipinski definition) is 4. The lowest BCUT2D eigenvalue weighted by atomic mass is 10.2. The van der Waals surface area contributed by atoms with Crippen LogP contribution in [0.25, 0.3) is 22.4 Å². The van der Waals surface area contributed by atoms with Gasteiger partial charge in [0, 0.05) is 0 Å². The fourth-order valence-corrected chi connectivity index (χ4v) is 2.65. The van der Waals surface area contributed by atoms with Crippen LogP contribution < -0.4 is 11.3 Å². The molecular weight excluding hydrogens is 278 g/mol. The highest BCUT2D eigenvalue weighted by Crippen LogP contribution is 2.18. The minimum absolute atomic E-state index is 0.139. The third kappa shape index (κ3) is 1.64. The molecule has 0 amide bonds. The zero-order chi connectivity index (χ0) is 15.3. The molecule has 0 saturated heterocycles. The number of rotatable bonds is 1. The molecule has 2 aromatic heterocycles. The van der Waals surface area contributed by atoms with E-state index in [4.69, 9.17) is 5.73 Å². The summed E-state index contributed by atoms with van der Waals surface area (Å²) in [5.74, 6) is 0.664. The normalized spacial score (nSPS) is 11.3. The van der Waals surface area contributed by atoms with E-state index in [1.54, 1.807) is 10.5 Å². The van der Waals surface area contributed by atoms with Gasteiger partial charge in [0.1, 0.15) is 0 Å². The topological polar surface area (TPSA) is 78.2 Å². The summed E-state index contributed by atoms with van der Waals surface area (Å²) < 4.78 is 3.22. The Kier molecular flexibility index (Phi) is 2.53. The van der Waals surface area contributed by atoms with Crippen molar-refractivity contribution in [1.29, 1.82) is 0 Å². The molecule has 0 aliphatic carbocycles. The van der Waals surface area contributed by atoms with Gasteiger partial charge in [-0.3, -0.25) is 4.79 Å². The molecule has 0 radical (unpaired) electrons. The fraction of sp³-hybridized carbons (Fsp3) is 0.0625. The number of fused-ring (bicyclic) bond motifs is 3. The third-order valence-corrected chi connectivity index (χ3v) is 3.74. The summed E-state index contributed by atoms with van der Waals surface area (Å²) in [6, 6.07) is 15.0. The smallest absolute Gasteiger partial charge is 0.267 e. The van der Waals surface area contributed by atoms with E-state index in [2.05, 4.69) is 10.2 Å². The van der Waals surface area contributed by atoms with Gasteiger partial charge >= 0.3 is 0 Å². The predicted molar refractivity (Wildman–Crippen MR) is 85.2 cm³/mol. The summed E-state index contributed by atoms with van der Waals surface area (Å²) >= 11 is 0. The lowest BCUT2D eigenvalue weighted by Crippen LogP contribution is -2.22. The molecule has 4 aromatic rings. The fourth-order valence-electron chi connectivity index (χ4n) is 2.65. The van der Waals surface area contributed by atoms with Crippen molar-refractivity contribution in [2.75, 3.05) is 5.73 Å². The van der Waals surface area contributed by atoms with Gasteiger partial charge in [-0.05, 0) is 31.2 Å². The largest absolute Gasteiger partial charge is 0.368 e. The Labute approximate surface area is 125 Å². The van der Waals surface area contributed by atoms with Gasteiger partial charge in [0.05, 0.1) is 16.6 Å². The van der Waals surface area contributed by atoms with Crippen LogP contribution in [0.4, 0.5) is 5.95 Å². The van der Waals surface area contributed by atoms with Crippen LogP contribution in [0.2, 0.25) is 0 Å². The first-order valence-electron chi connectivity index (χ1n) is 6.88. The average Bonchev–Trinajstić information content (AvgIpc) is 2.91. The highest BCUT2D eigenvalue weighted by Gasteiger charge is 2.15. The molecule has 0 atom stereocenters. The second kappa shape index (κ2) is 4.42. The summed E-state index contributed by atoms with van der Waals surface area (Å²) in [6.07, 6.45) is 0. The molecule has 0 fully saturated rings. The van der Waals surface area contributed by atoms with E-state index >= 15 is 0 Å². The summed E-state index contributed by atoms with van der Waals surface area (Å²) in [6.45, 7) is 2.00. The minimum Gasteiger partial charge on any atom is -0.368 e. The van der Waals surface area contributed by atoms with Crippen LogP contribution in [0, 0.1) is 6.92 Å². The molecular formula is C16H13N5O. The second-order valence-electron chi connectivity index (χ2n) is 5.19. The van der Waals surface area contributed by atoms with Crippen LogP contribution in [0.15, 0.2) is 53.3 Å². The minimum atomic E-state index is -0.139. The van der Waals surface area contributed by atoms with Crippen molar-refractivity contribution in [3.05, 3.63) is 64.4 Å². The number of hydrogen-bond donors (Lipinski definition) is 1. The van der Waals surface area contributed by atoms with Crippen LogP contribution >= 0.6 is 0 Å². The molecule has 2 N–H and O–H groups in total. The molecule has 0 aliphatic rings. The van der Waals surface area contributed by atoms with Gasteiger partial charge in [0.2, 0.25) is 11.7 Å². The maximum Gasteiger partial charge on any atom is 0.267 e. The first kappa shape index (κ1) is 12.6. The molecule has 22 heavy (non-hydrogen) atoms. The van der Waals surface area contributed by atoms with E-state index < -0.39 is 0 Å². The second-order valence-corrected chi connectivity index (χ2v) is 5.19. The highest BCUT2D eigenvalue weighted by molar-refractivity contribution is 5.82. The summed E-state index contributed by atoms with van der Waals surface area (Å²) in [7, 11) is 0. The number of aryl methyl sites for hydroxylation is 1. The highest BCUT2D eigenvalue weighted by atomic mass is 16.1. The number of para-hydroxylation sites is 1. The van der Waals surface area contributed by atoms with E-state index in [0.29, 0.717) is 16.7 Å². The number of nitrogen functional groups attached to an aromatic ring is 1. The van der Waals surface area contributed by atoms with Crippen molar-refractivity contribution in [2.45, 2.75) is 6.92 Å². The Bertz CT molecular complexity index is 1060. The maximum atomic E-state index is 12.9. The van der Waals surface area contributed by atoms with Crippen LogP contribution in [0.3, 0.4) is 0 Å². The molecule has 0 aliphatic heterocycles. The number of nitrogens with two attached hydrogens (primary N) is 1. The van der Waals surface area contributed by atoms with Crippen LogP contribution in [-0.2, 0) is 0 Å². The Morgan fingerprint density at radius 2 is 1.73 bits per heavy atom. The molecule has 4 rings (SSSR count). The van der Waals surface area contributed by atoms with E-state index in [1.807, 2.05) is 49.4 Å². The zero-order valence-electron chi connectivity index (χ0n) is 11.9. The Hall–Kier alpha value is -3.15. The lowest BCUT2D eigenvalue weighted by Gasteiger charge is -2.10. The van der Waals surface area contributed by atoms with E-state index in [1.165, 1.54) is 4.57 Å². The molecule has 2 heterocycles. The van der Waals surface area contributed by atoms with Gasteiger partial charge in [-0.2, -0.15) is 0 Å². The quantitative estimate of drug-likeness (QED) is 0.581. The van der Waals surface area contributed by atoms with E-state index in [0.717, 1.165) is 11.3 Å². The van der Waals surface area contributed by atoms with Crippen LogP contribution in [0.5, 0.6) is 0 Å². The molecule has 108 valence electrons.